The maximum absolute atomic E-state index is 11.9. The number of carbonyl (C=O) groups is 1. The molecule has 0 fully saturated rings. The first kappa shape index (κ1) is 12.6. The summed E-state index contributed by atoms with van der Waals surface area (Å²) in [4.78, 5) is 17.5. The Kier molecular flexibility index (Phi) is 4.91. The maximum Gasteiger partial charge on any atom is 0.293 e. The number of aryl methyl sites for hydroxylation is 1. The van der Waals surface area contributed by atoms with Crippen molar-refractivity contribution in [1.82, 2.24) is 20.1 Å². The van der Waals surface area contributed by atoms with Crippen LogP contribution in [0.3, 0.4) is 0 Å². The molecule has 0 spiro atoms. The van der Waals surface area contributed by atoms with E-state index in [0.717, 1.165) is 18.7 Å². The number of nitrogens with one attached hydrogen (secondary N) is 1. The Morgan fingerprint density at radius 1 is 1.50 bits per heavy atom. The van der Waals surface area contributed by atoms with Crippen molar-refractivity contribution in [3.05, 3.63) is 11.6 Å². The number of carbonyl (C=O) groups excluding carboxylic acids is 1. The molecular weight excluding hydrogens is 208 g/mol. The fourth-order valence-corrected chi connectivity index (χ4v) is 1.40. The zero-order chi connectivity index (χ0) is 12.0. The highest BCUT2D eigenvalue weighted by atomic mass is 16.3. The molecule has 6 heteroatoms. The molecule has 1 heterocycles. The third kappa shape index (κ3) is 3.03. The molecule has 0 saturated carbocycles. The van der Waals surface area contributed by atoms with E-state index >= 15 is 0 Å². The van der Waals surface area contributed by atoms with Crippen LogP contribution >= 0.6 is 0 Å². The number of aromatic amines is 1. The number of amides is 1. The second-order valence-electron chi connectivity index (χ2n) is 3.46. The molecule has 0 aliphatic carbocycles. The third-order valence-electron chi connectivity index (χ3n) is 2.25. The molecule has 0 aliphatic rings. The Bertz CT molecular complexity index is 337. The van der Waals surface area contributed by atoms with Crippen molar-refractivity contribution in [1.29, 1.82) is 0 Å². The Balaban J connectivity index is 2.70. The van der Waals surface area contributed by atoms with Crippen molar-refractivity contribution in [2.24, 2.45) is 0 Å². The van der Waals surface area contributed by atoms with Gasteiger partial charge in [-0.3, -0.25) is 9.89 Å². The lowest BCUT2D eigenvalue weighted by Gasteiger charge is -2.17. The molecule has 0 unspecified atom stereocenters. The van der Waals surface area contributed by atoms with Gasteiger partial charge in [0.25, 0.3) is 5.91 Å². The minimum atomic E-state index is -0.241. The van der Waals surface area contributed by atoms with Crippen molar-refractivity contribution in [3.63, 3.8) is 0 Å². The minimum absolute atomic E-state index is 0.0498. The summed E-state index contributed by atoms with van der Waals surface area (Å²) < 4.78 is 0. The number of aromatic nitrogens is 3. The monoisotopic (exact) mass is 226 g/mol. The molecule has 0 atom stereocenters. The summed E-state index contributed by atoms with van der Waals surface area (Å²) in [5.41, 5.74) is 0. The van der Waals surface area contributed by atoms with Gasteiger partial charge in [-0.2, -0.15) is 0 Å². The zero-order valence-electron chi connectivity index (χ0n) is 9.73. The number of aliphatic hydroxyl groups excluding tert-OH is 1. The van der Waals surface area contributed by atoms with Crippen LogP contribution in [-0.4, -0.2) is 50.8 Å². The standard InChI is InChI=1S/C10H18N4O2/c1-3-5-8-11-9(13-12-8)10(16)14(4-2)6-7-15/h15H,3-7H2,1-2H3,(H,11,12,13). The van der Waals surface area contributed by atoms with Gasteiger partial charge in [-0.15, -0.1) is 5.10 Å². The summed E-state index contributed by atoms with van der Waals surface area (Å²) in [7, 11) is 0. The molecule has 90 valence electrons. The van der Waals surface area contributed by atoms with Crippen molar-refractivity contribution >= 4 is 5.91 Å². The number of H-pyrrole nitrogens is 1. The van der Waals surface area contributed by atoms with E-state index in [1.165, 1.54) is 4.90 Å². The number of likely N-dealkylation sites (N-methyl/N-ethyl adjacent to an activating group) is 1. The minimum Gasteiger partial charge on any atom is -0.395 e. The van der Waals surface area contributed by atoms with Gasteiger partial charge in [0, 0.05) is 19.5 Å². The van der Waals surface area contributed by atoms with Gasteiger partial charge < -0.3 is 10.0 Å². The number of rotatable bonds is 6. The summed E-state index contributed by atoms with van der Waals surface area (Å²) in [6.45, 7) is 4.69. The largest absolute Gasteiger partial charge is 0.395 e. The average molecular weight is 226 g/mol. The van der Waals surface area contributed by atoms with Crippen molar-refractivity contribution in [2.75, 3.05) is 19.7 Å². The quantitative estimate of drug-likeness (QED) is 0.726. The van der Waals surface area contributed by atoms with Crippen LogP contribution in [-0.2, 0) is 6.42 Å². The van der Waals surface area contributed by atoms with E-state index in [-0.39, 0.29) is 18.3 Å². The maximum atomic E-state index is 11.9. The molecule has 6 nitrogen and oxygen atoms in total. The Morgan fingerprint density at radius 3 is 2.81 bits per heavy atom. The van der Waals surface area contributed by atoms with Gasteiger partial charge in [0.15, 0.2) is 0 Å². The van der Waals surface area contributed by atoms with Crippen LogP contribution in [0, 0.1) is 0 Å². The molecule has 0 saturated heterocycles. The summed E-state index contributed by atoms with van der Waals surface area (Å²) >= 11 is 0. The summed E-state index contributed by atoms with van der Waals surface area (Å²) in [5.74, 6) is 0.666. The van der Waals surface area contributed by atoms with E-state index in [1.807, 2.05) is 13.8 Å². The zero-order valence-corrected chi connectivity index (χ0v) is 9.73. The Morgan fingerprint density at radius 2 is 2.25 bits per heavy atom. The first-order chi connectivity index (χ1) is 7.72. The smallest absolute Gasteiger partial charge is 0.293 e. The predicted octanol–water partition coefficient (Wildman–Crippen LogP) is 0.212. The van der Waals surface area contributed by atoms with E-state index in [9.17, 15) is 4.79 Å². The lowest BCUT2D eigenvalue weighted by Crippen LogP contribution is -2.34. The van der Waals surface area contributed by atoms with E-state index in [2.05, 4.69) is 15.2 Å². The Hall–Kier alpha value is -1.43. The molecule has 1 aromatic heterocycles. The van der Waals surface area contributed by atoms with Gasteiger partial charge in [-0.05, 0) is 13.3 Å². The summed E-state index contributed by atoms with van der Waals surface area (Å²) in [6.07, 6.45) is 1.74. The van der Waals surface area contributed by atoms with E-state index < -0.39 is 0 Å². The number of hydrogen-bond donors (Lipinski definition) is 2. The highest BCUT2D eigenvalue weighted by Gasteiger charge is 2.18. The molecule has 0 radical (unpaired) electrons. The summed E-state index contributed by atoms with van der Waals surface area (Å²) in [5, 5.41) is 15.4. The molecule has 0 aromatic carbocycles. The van der Waals surface area contributed by atoms with E-state index in [1.54, 1.807) is 0 Å². The highest BCUT2D eigenvalue weighted by molar-refractivity contribution is 5.90. The molecule has 2 N–H and O–H groups in total. The first-order valence-electron chi connectivity index (χ1n) is 5.54. The van der Waals surface area contributed by atoms with Gasteiger partial charge in [0.05, 0.1) is 6.61 Å². The van der Waals surface area contributed by atoms with Gasteiger partial charge >= 0.3 is 0 Å². The normalized spacial score (nSPS) is 10.4. The second kappa shape index (κ2) is 6.22. The first-order valence-corrected chi connectivity index (χ1v) is 5.54. The topological polar surface area (TPSA) is 82.1 Å². The Labute approximate surface area is 94.7 Å². The molecule has 1 amide bonds. The van der Waals surface area contributed by atoms with Gasteiger partial charge in [-0.25, -0.2) is 4.98 Å². The van der Waals surface area contributed by atoms with Crippen molar-refractivity contribution in [3.8, 4) is 0 Å². The number of nitrogens with zero attached hydrogens (tertiary/aromatic N) is 3. The SMILES string of the molecule is CCCc1nc(C(=O)N(CC)CCO)n[nH]1. The van der Waals surface area contributed by atoms with E-state index in [0.29, 0.717) is 13.1 Å². The fraction of sp³-hybridized carbons (Fsp3) is 0.700. The van der Waals surface area contributed by atoms with Crippen molar-refractivity contribution in [2.45, 2.75) is 26.7 Å². The molecule has 0 bridgehead atoms. The highest BCUT2D eigenvalue weighted by Crippen LogP contribution is 2.01. The molecule has 1 rings (SSSR count). The van der Waals surface area contributed by atoms with Crippen LogP contribution in [0.1, 0.15) is 36.7 Å². The lowest BCUT2D eigenvalue weighted by molar-refractivity contribution is 0.0720. The van der Waals surface area contributed by atoms with Gasteiger partial charge in [-0.1, -0.05) is 6.92 Å². The van der Waals surface area contributed by atoms with Crippen LogP contribution in [0.5, 0.6) is 0 Å². The molecule has 1 aromatic rings. The van der Waals surface area contributed by atoms with Crippen LogP contribution in [0.4, 0.5) is 0 Å². The van der Waals surface area contributed by atoms with Gasteiger partial charge in [0.1, 0.15) is 5.82 Å². The predicted molar refractivity (Wildman–Crippen MR) is 59.0 cm³/mol. The average Bonchev–Trinajstić information content (AvgIpc) is 2.74. The molecular formula is C10H18N4O2. The van der Waals surface area contributed by atoms with Gasteiger partial charge in [0.2, 0.25) is 5.82 Å². The fourth-order valence-electron chi connectivity index (χ4n) is 1.40. The summed E-state index contributed by atoms with van der Waals surface area (Å²) in [6, 6.07) is 0. The van der Waals surface area contributed by atoms with Crippen LogP contribution in [0.25, 0.3) is 0 Å². The number of aliphatic hydroxyl groups is 1. The van der Waals surface area contributed by atoms with Crippen LogP contribution < -0.4 is 0 Å². The number of hydrogen-bond acceptors (Lipinski definition) is 4. The molecule has 0 aliphatic heterocycles. The van der Waals surface area contributed by atoms with Crippen molar-refractivity contribution < 1.29 is 9.90 Å². The lowest BCUT2D eigenvalue weighted by atomic mass is 10.3. The van der Waals surface area contributed by atoms with E-state index in [4.69, 9.17) is 5.11 Å². The molecule has 16 heavy (non-hydrogen) atoms. The van der Waals surface area contributed by atoms with Crippen LogP contribution in [0.15, 0.2) is 0 Å². The second-order valence-corrected chi connectivity index (χ2v) is 3.46. The van der Waals surface area contributed by atoms with Crippen LogP contribution in [0.2, 0.25) is 0 Å². The third-order valence-corrected chi connectivity index (χ3v) is 2.25.